The van der Waals surface area contributed by atoms with Gasteiger partial charge in [0, 0.05) is 49.2 Å². The Morgan fingerprint density at radius 1 is 0.644 bits per heavy atom. The first-order valence-corrected chi connectivity index (χ1v) is 20.8. The van der Waals surface area contributed by atoms with E-state index in [0.29, 0.717) is 11.3 Å². The van der Waals surface area contributed by atoms with Crippen molar-refractivity contribution in [3.63, 3.8) is 0 Å². The van der Waals surface area contributed by atoms with Crippen LogP contribution in [-0.4, -0.2) is 100.0 Å². The number of hydrogen-bond acceptors (Lipinski definition) is 11. The number of ether oxygens (including phenoxy) is 4. The maximum Gasteiger partial charge on any atom is 0.519 e. The average molecular weight is 837 g/mol. The molecule has 3 aromatic rings. The smallest absolute Gasteiger partial charge is 0.460 e. The third-order valence-corrected chi connectivity index (χ3v) is 9.00. The Morgan fingerprint density at radius 2 is 1.14 bits per heavy atom. The van der Waals surface area contributed by atoms with Gasteiger partial charge in [-0.05, 0) is 83.4 Å². The molecular weight excluding hydrogens is 781 g/mol. The van der Waals surface area contributed by atoms with E-state index in [0.717, 1.165) is 5.56 Å². The van der Waals surface area contributed by atoms with E-state index in [1.54, 1.807) is 108 Å². The number of hydrogen-bond donors (Lipinski definition) is 3. The van der Waals surface area contributed by atoms with Crippen LogP contribution in [-0.2, 0) is 52.3 Å². The van der Waals surface area contributed by atoms with Gasteiger partial charge in [-0.2, -0.15) is 0 Å². The molecule has 0 aliphatic carbocycles. The highest BCUT2D eigenvalue weighted by Crippen LogP contribution is 2.17. The first kappa shape index (κ1) is 47.6. The van der Waals surface area contributed by atoms with Crippen LogP contribution in [0.1, 0.15) is 65.5 Å². The molecule has 0 aliphatic heterocycles. The molecule has 3 aromatic carbocycles. The summed E-state index contributed by atoms with van der Waals surface area (Å²) in [6.45, 7) is 10.2. The summed E-state index contributed by atoms with van der Waals surface area (Å²) in [5, 5.41) is 8.05. The quantitative estimate of drug-likeness (QED) is 0.117. The molecule has 0 heterocycles. The third kappa shape index (κ3) is 18.6. The number of para-hydroxylation sites is 1. The molecule has 0 aliphatic rings. The number of esters is 1. The molecule has 0 aromatic heterocycles. The summed E-state index contributed by atoms with van der Waals surface area (Å²) in [6.07, 6.45) is -0.508. The number of carbonyl (C=O) groups is 6. The molecule has 0 radical (unpaired) electrons. The van der Waals surface area contributed by atoms with Crippen LogP contribution in [0.25, 0.3) is 0 Å². The highest BCUT2D eigenvalue weighted by atomic mass is 32.2. The molecule has 3 N–H and O–H groups in total. The fourth-order valence-corrected chi connectivity index (χ4v) is 6.03. The van der Waals surface area contributed by atoms with Crippen LogP contribution >= 0.6 is 0 Å². The van der Waals surface area contributed by atoms with Crippen LogP contribution in [0.3, 0.4) is 0 Å². The van der Waals surface area contributed by atoms with E-state index >= 15 is 0 Å². The minimum absolute atomic E-state index is 0.0206. The fraction of sp³-hybridized carbons (Fsp3) is 0.442. The second-order valence-electron chi connectivity index (χ2n) is 15.8. The van der Waals surface area contributed by atoms with E-state index in [-0.39, 0.29) is 43.7 Å². The summed E-state index contributed by atoms with van der Waals surface area (Å²) in [6, 6.07) is 19.9. The van der Waals surface area contributed by atoms with Gasteiger partial charge in [-0.15, -0.1) is 0 Å². The van der Waals surface area contributed by atoms with Gasteiger partial charge in [0.15, 0.2) is 0 Å². The lowest BCUT2D eigenvalue weighted by molar-refractivity contribution is -0.155. The third-order valence-electron chi connectivity index (χ3n) is 8.19. The van der Waals surface area contributed by atoms with E-state index in [4.69, 9.17) is 18.9 Å². The number of nitrogens with one attached hydrogen (secondary N) is 3. The summed E-state index contributed by atoms with van der Waals surface area (Å²) >= 11 is 0. The van der Waals surface area contributed by atoms with Crippen LogP contribution in [0.15, 0.2) is 84.9 Å². The van der Waals surface area contributed by atoms with Gasteiger partial charge in [0.05, 0.1) is 6.42 Å². The highest BCUT2D eigenvalue weighted by Gasteiger charge is 2.32. The van der Waals surface area contributed by atoms with Crippen molar-refractivity contribution in [2.75, 3.05) is 25.6 Å². The van der Waals surface area contributed by atoms with Crippen molar-refractivity contribution in [3.05, 3.63) is 96.1 Å². The molecule has 4 atom stereocenters. The van der Waals surface area contributed by atoms with E-state index in [2.05, 4.69) is 16.0 Å². The molecule has 0 saturated heterocycles. The summed E-state index contributed by atoms with van der Waals surface area (Å²) < 4.78 is 33.5. The number of benzene rings is 3. The first-order valence-electron chi connectivity index (χ1n) is 19.1. The molecule has 15 nitrogen and oxygen atoms in total. The van der Waals surface area contributed by atoms with Gasteiger partial charge in [-0.1, -0.05) is 60.7 Å². The lowest BCUT2D eigenvalue weighted by Gasteiger charge is -2.28. The van der Waals surface area contributed by atoms with Crippen molar-refractivity contribution in [1.29, 1.82) is 0 Å². The standard InChI is InChI=1S/C43H56N4O11S/c1-42(2,3)57-36(48)23-25-47(7)39(51)35(28-29-15-11-9-12-16-29)45-37(49)33(24-26-59(8)54)44-38(50)34(46-40(52)58-43(4,5)6)27-30-19-21-32(22-20-30)56-41(53)55-31-17-13-10-14-18-31/h9-22,33-35H,23-28H2,1-8H3,(H,44,50)(H,45,49)(H,46,52)/t33-,34+,35+,59?/m1/s1. The molecule has 4 amide bonds. The molecule has 0 fully saturated rings. The van der Waals surface area contributed by atoms with Crippen LogP contribution in [0.5, 0.6) is 11.5 Å². The molecule has 1 unspecified atom stereocenters. The SMILES string of the molecule is CN(CCC(=O)OC(C)(C)C)C(=O)[C@H](Cc1ccccc1)NC(=O)[C@@H](CCS(C)=O)NC(=O)[C@H](Cc1ccc(OC(=O)Oc2ccccc2)cc1)NC(=O)OC(C)(C)C. The molecule has 0 saturated carbocycles. The predicted molar refractivity (Wildman–Crippen MR) is 222 cm³/mol. The number of likely N-dealkylation sites (N-methyl/N-ethyl adjacent to an activating group) is 1. The lowest BCUT2D eigenvalue weighted by Crippen LogP contribution is -2.58. The van der Waals surface area contributed by atoms with E-state index < -0.39 is 76.1 Å². The second-order valence-corrected chi connectivity index (χ2v) is 17.3. The summed E-state index contributed by atoms with van der Waals surface area (Å²) in [7, 11) is 0.154. The Balaban J connectivity index is 1.82. The van der Waals surface area contributed by atoms with Crippen molar-refractivity contribution in [2.45, 2.75) is 96.6 Å². The average Bonchev–Trinajstić information content (AvgIpc) is 3.14. The van der Waals surface area contributed by atoms with Crippen LogP contribution in [0.4, 0.5) is 9.59 Å². The Bertz CT molecular complexity index is 1900. The van der Waals surface area contributed by atoms with Gasteiger partial charge in [-0.25, -0.2) is 9.59 Å². The number of nitrogens with zero attached hydrogens (tertiary/aromatic N) is 1. The van der Waals surface area contributed by atoms with Crippen molar-refractivity contribution in [2.24, 2.45) is 0 Å². The Hall–Kier alpha value is -5.77. The van der Waals surface area contributed by atoms with Crippen molar-refractivity contribution in [1.82, 2.24) is 20.9 Å². The first-order chi connectivity index (χ1) is 27.7. The fourth-order valence-electron chi connectivity index (χ4n) is 5.47. The van der Waals surface area contributed by atoms with Crippen molar-refractivity contribution >= 4 is 46.7 Å². The van der Waals surface area contributed by atoms with Crippen LogP contribution < -0.4 is 25.4 Å². The summed E-state index contributed by atoms with van der Waals surface area (Å²) in [5.41, 5.74) is -0.310. The predicted octanol–water partition coefficient (Wildman–Crippen LogP) is 4.87. The monoisotopic (exact) mass is 836 g/mol. The Labute approximate surface area is 348 Å². The summed E-state index contributed by atoms with van der Waals surface area (Å²) in [4.78, 5) is 80.9. The molecule has 59 heavy (non-hydrogen) atoms. The minimum atomic E-state index is -1.36. The lowest BCUT2D eigenvalue weighted by atomic mass is 10.0. The van der Waals surface area contributed by atoms with E-state index in [9.17, 15) is 33.0 Å². The highest BCUT2D eigenvalue weighted by molar-refractivity contribution is 7.84. The largest absolute Gasteiger partial charge is 0.519 e. The zero-order valence-corrected chi connectivity index (χ0v) is 35.7. The molecule has 3 rings (SSSR count). The maximum atomic E-state index is 14.0. The maximum absolute atomic E-state index is 14.0. The number of amides is 4. The topological polar surface area (TPSA) is 196 Å². The number of carbonyl (C=O) groups excluding carboxylic acids is 6. The Kier molecular flexibility index (Phi) is 18.1. The molecule has 0 spiro atoms. The van der Waals surface area contributed by atoms with Gasteiger partial charge in [0.25, 0.3) is 0 Å². The minimum Gasteiger partial charge on any atom is -0.460 e. The van der Waals surface area contributed by atoms with E-state index in [1.807, 2.05) is 6.07 Å². The zero-order valence-electron chi connectivity index (χ0n) is 34.9. The summed E-state index contributed by atoms with van der Waals surface area (Å²) in [5.74, 6) is -1.96. The second kappa shape index (κ2) is 22.4. The Morgan fingerprint density at radius 3 is 1.69 bits per heavy atom. The number of alkyl carbamates (subject to hydrolysis) is 1. The van der Waals surface area contributed by atoms with Crippen LogP contribution in [0, 0.1) is 0 Å². The molecule has 320 valence electrons. The molecular formula is C43H56N4O11S. The normalized spacial score (nSPS) is 13.4. The van der Waals surface area contributed by atoms with Gasteiger partial charge in [0.2, 0.25) is 17.7 Å². The molecule has 16 heteroatoms. The van der Waals surface area contributed by atoms with Gasteiger partial charge in [0.1, 0.15) is 40.8 Å². The van der Waals surface area contributed by atoms with Crippen LogP contribution in [0.2, 0.25) is 0 Å². The van der Waals surface area contributed by atoms with Crippen molar-refractivity contribution in [3.8, 4) is 11.5 Å². The van der Waals surface area contributed by atoms with Gasteiger partial charge < -0.3 is 39.8 Å². The van der Waals surface area contributed by atoms with Crippen molar-refractivity contribution < 1.29 is 51.9 Å². The number of rotatable bonds is 18. The van der Waals surface area contributed by atoms with Gasteiger partial charge in [-0.3, -0.25) is 23.4 Å². The van der Waals surface area contributed by atoms with Gasteiger partial charge >= 0.3 is 18.2 Å². The zero-order chi connectivity index (χ0) is 43.8. The van der Waals surface area contributed by atoms with E-state index in [1.165, 1.54) is 30.3 Å². The molecule has 0 bridgehead atoms.